The monoisotopic (exact) mass is 395 g/mol. The molecule has 2 bridgehead atoms. The molecule has 2 aromatic rings. The number of carbonyl (C=O) groups excluding carboxylic acids is 1. The fourth-order valence-corrected chi connectivity index (χ4v) is 4.92. The van der Waals surface area contributed by atoms with Crippen molar-refractivity contribution in [1.29, 1.82) is 0 Å². The zero-order valence-electron chi connectivity index (χ0n) is 15.2. The third kappa shape index (κ3) is 3.35. The molecule has 2 fully saturated rings. The molecular weight excluding hydrogens is 373 g/mol. The minimum absolute atomic E-state index is 0.0298. The lowest BCUT2D eigenvalue weighted by Gasteiger charge is -2.46. The fourth-order valence-electron chi connectivity index (χ4n) is 4.10. The average molecular weight is 395 g/mol. The number of likely N-dealkylation sites (N-methyl/N-ethyl adjacent to an activating group) is 1. The number of morpholine rings is 1. The number of carbonyl (C=O) groups is 1. The van der Waals surface area contributed by atoms with E-state index in [-0.39, 0.29) is 40.5 Å². The molecule has 3 atom stereocenters. The minimum Gasteiger partial charge on any atom is -0.378 e. The van der Waals surface area contributed by atoms with E-state index in [0.717, 1.165) is 23.1 Å². The van der Waals surface area contributed by atoms with Gasteiger partial charge in [-0.15, -0.1) is 0 Å². The molecule has 1 N–H and O–H groups in total. The van der Waals surface area contributed by atoms with Gasteiger partial charge in [-0.25, -0.2) is 16.8 Å². The molecule has 1 amide bonds. The van der Waals surface area contributed by atoms with Crippen molar-refractivity contribution >= 4 is 26.8 Å². The van der Waals surface area contributed by atoms with E-state index in [2.05, 4.69) is 17.3 Å². The molecule has 1 aromatic carbocycles. The van der Waals surface area contributed by atoms with Crippen molar-refractivity contribution in [3.8, 4) is 0 Å². The van der Waals surface area contributed by atoms with Gasteiger partial charge in [0.25, 0.3) is 5.91 Å². The quantitative estimate of drug-likeness (QED) is 0.844. The molecule has 3 heterocycles. The highest BCUT2D eigenvalue weighted by Crippen LogP contribution is 2.28. The maximum Gasteiger partial charge on any atom is 0.253 e. The number of piperidine rings is 1. The Kier molecular flexibility index (Phi) is 4.48. The molecule has 0 aliphatic carbocycles. The van der Waals surface area contributed by atoms with Crippen molar-refractivity contribution in [1.82, 2.24) is 14.2 Å². The maximum atomic E-state index is 13.7. The van der Waals surface area contributed by atoms with Gasteiger partial charge >= 0.3 is 0 Å². The smallest absolute Gasteiger partial charge is 0.253 e. The number of ether oxygens (including phenoxy) is 1. The second-order valence-corrected chi connectivity index (χ2v) is 9.27. The summed E-state index contributed by atoms with van der Waals surface area (Å²) in [6.07, 6.45) is 3.85. The average Bonchev–Trinajstić information content (AvgIpc) is 2.94. The summed E-state index contributed by atoms with van der Waals surface area (Å²) in [5, 5.41) is 3.30. The normalized spacial score (nSPS) is 26.3. The van der Waals surface area contributed by atoms with Crippen LogP contribution in [0.5, 0.6) is 0 Å². The van der Waals surface area contributed by atoms with Gasteiger partial charge in [0.05, 0.1) is 30.5 Å². The third-order valence-electron chi connectivity index (χ3n) is 5.56. The largest absolute Gasteiger partial charge is 0.378 e. The minimum atomic E-state index is -3.62. The first-order valence-electron chi connectivity index (χ1n) is 8.85. The van der Waals surface area contributed by atoms with Crippen molar-refractivity contribution in [2.75, 3.05) is 26.5 Å². The second-order valence-electron chi connectivity index (χ2n) is 7.42. The molecule has 146 valence electrons. The van der Waals surface area contributed by atoms with Gasteiger partial charge < -0.3 is 10.1 Å². The van der Waals surface area contributed by atoms with Gasteiger partial charge in [-0.2, -0.15) is 0 Å². The molecule has 0 spiro atoms. The summed E-state index contributed by atoms with van der Waals surface area (Å²) in [4.78, 5) is 15.2. The Morgan fingerprint density at radius 3 is 2.56 bits per heavy atom. The first-order valence-corrected chi connectivity index (χ1v) is 10.7. The highest BCUT2D eigenvalue weighted by Gasteiger charge is 2.37. The maximum absolute atomic E-state index is 13.7. The van der Waals surface area contributed by atoms with Gasteiger partial charge in [0, 0.05) is 29.7 Å². The lowest BCUT2D eigenvalue weighted by Crippen LogP contribution is -2.59. The molecule has 4 rings (SSSR count). The van der Waals surface area contributed by atoms with Crippen molar-refractivity contribution in [3.05, 3.63) is 35.8 Å². The zero-order valence-corrected chi connectivity index (χ0v) is 16.0. The summed E-state index contributed by atoms with van der Waals surface area (Å²) in [5.74, 6) is -0.907. The fraction of sp³-hybridized carbons (Fsp3) is 0.500. The Labute approximate surface area is 157 Å². The van der Waals surface area contributed by atoms with Crippen LogP contribution >= 0.6 is 0 Å². The summed E-state index contributed by atoms with van der Waals surface area (Å²) in [5.41, 5.74) is 0.452. The molecule has 7 nitrogen and oxygen atoms in total. The summed E-state index contributed by atoms with van der Waals surface area (Å²) >= 11 is 0. The van der Waals surface area contributed by atoms with E-state index in [1.165, 1.54) is 24.4 Å². The molecule has 0 saturated carbocycles. The molecule has 1 aromatic heterocycles. The van der Waals surface area contributed by atoms with Crippen molar-refractivity contribution in [2.24, 2.45) is 0 Å². The van der Waals surface area contributed by atoms with Gasteiger partial charge in [-0.3, -0.25) is 9.69 Å². The van der Waals surface area contributed by atoms with Crippen LogP contribution in [0.2, 0.25) is 0 Å². The van der Waals surface area contributed by atoms with E-state index < -0.39 is 15.8 Å². The van der Waals surface area contributed by atoms with Crippen molar-refractivity contribution in [3.63, 3.8) is 0 Å². The number of halogens is 1. The van der Waals surface area contributed by atoms with Crippen LogP contribution < -0.4 is 5.32 Å². The van der Waals surface area contributed by atoms with Crippen molar-refractivity contribution in [2.45, 2.75) is 31.0 Å². The van der Waals surface area contributed by atoms with E-state index in [4.69, 9.17) is 4.74 Å². The van der Waals surface area contributed by atoms with E-state index in [1.54, 1.807) is 0 Å². The number of nitrogens with one attached hydrogen (secondary N) is 1. The first-order chi connectivity index (χ1) is 12.7. The van der Waals surface area contributed by atoms with E-state index in [9.17, 15) is 17.6 Å². The van der Waals surface area contributed by atoms with Crippen LogP contribution in [-0.4, -0.2) is 67.8 Å². The number of benzene rings is 1. The first kappa shape index (κ1) is 18.4. The lowest BCUT2D eigenvalue weighted by atomic mass is 9.90. The SMILES string of the molecule is CN1[C@@H]2COC[C@H]1CC(NC(=O)c1cn(S(C)(=O)=O)c3ccc(F)cc13)C2. The summed E-state index contributed by atoms with van der Waals surface area (Å²) in [7, 11) is -1.55. The Morgan fingerprint density at radius 1 is 1.26 bits per heavy atom. The molecule has 27 heavy (non-hydrogen) atoms. The predicted molar refractivity (Wildman–Crippen MR) is 98.8 cm³/mol. The van der Waals surface area contributed by atoms with Crippen LogP contribution in [0.4, 0.5) is 4.39 Å². The van der Waals surface area contributed by atoms with Crippen LogP contribution in [0, 0.1) is 5.82 Å². The standard InChI is InChI=1S/C18H22FN3O4S/c1-21-13-6-12(7-14(21)10-26-9-13)20-18(23)16-8-22(27(2,24)25)17-4-3-11(19)5-15(16)17/h3-5,8,12-14H,6-7,9-10H2,1-2H3,(H,20,23)/t12?,13-,14+. The van der Waals surface area contributed by atoms with Gasteiger partial charge in [-0.1, -0.05) is 0 Å². The number of hydrogen-bond acceptors (Lipinski definition) is 5. The van der Waals surface area contributed by atoms with E-state index in [0.29, 0.717) is 13.2 Å². The zero-order chi connectivity index (χ0) is 19.3. The van der Waals surface area contributed by atoms with Crippen LogP contribution in [-0.2, 0) is 14.8 Å². The van der Waals surface area contributed by atoms with E-state index in [1.807, 2.05) is 0 Å². The van der Waals surface area contributed by atoms with Crippen LogP contribution in [0.3, 0.4) is 0 Å². The molecular formula is C18H22FN3O4S. The number of fused-ring (bicyclic) bond motifs is 3. The van der Waals surface area contributed by atoms with Crippen LogP contribution in [0.25, 0.3) is 10.9 Å². The third-order valence-corrected chi connectivity index (χ3v) is 6.57. The van der Waals surface area contributed by atoms with Crippen LogP contribution in [0.15, 0.2) is 24.4 Å². The molecule has 1 unspecified atom stereocenters. The molecule has 9 heteroatoms. The van der Waals surface area contributed by atoms with Gasteiger partial charge in [0.2, 0.25) is 10.0 Å². The number of nitrogens with zero attached hydrogens (tertiary/aromatic N) is 2. The molecule has 2 saturated heterocycles. The second kappa shape index (κ2) is 6.57. The number of aromatic nitrogens is 1. The Hall–Kier alpha value is -1.97. The highest BCUT2D eigenvalue weighted by atomic mass is 32.2. The highest BCUT2D eigenvalue weighted by molar-refractivity contribution is 7.89. The molecule has 0 radical (unpaired) electrons. The van der Waals surface area contributed by atoms with Crippen molar-refractivity contribution < 1.29 is 22.3 Å². The lowest BCUT2D eigenvalue weighted by molar-refractivity contribution is -0.0670. The number of hydrogen-bond donors (Lipinski definition) is 1. The summed E-state index contributed by atoms with van der Waals surface area (Å²) in [6, 6.07) is 4.22. The van der Waals surface area contributed by atoms with Gasteiger partial charge in [0.15, 0.2) is 0 Å². The Balaban J connectivity index is 1.64. The number of rotatable bonds is 3. The van der Waals surface area contributed by atoms with Gasteiger partial charge in [-0.05, 0) is 38.1 Å². The molecule has 2 aliphatic rings. The van der Waals surface area contributed by atoms with E-state index >= 15 is 0 Å². The molecule has 2 aliphatic heterocycles. The predicted octanol–water partition coefficient (Wildman–Crippen LogP) is 1.18. The number of amides is 1. The summed E-state index contributed by atoms with van der Waals surface area (Å²) < 4.78 is 44.4. The Morgan fingerprint density at radius 2 is 1.93 bits per heavy atom. The summed E-state index contributed by atoms with van der Waals surface area (Å²) in [6.45, 7) is 1.27. The van der Waals surface area contributed by atoms with Gasteiger partial charge in [0.1, 0.15) is 5.82 Å². The van der Waals surface area contributed by atoms with Crippen LogP contribution in [0.1, 0.15) is 23.2 Å². The topological polar surface area (TPSA) is 80.6 Å². The Bertz CT molecular complexity index is 989.